The summed E-state index contributed by atoms with van der Waals surface area (Å²) in [7, 11) is 0. The molecule has 2 saturated heterocycles. The average Bonchev–Trinajstić information content (AvgIpc) is 3.69. The molecule has 44 heavy (non-hydrogen) atoms. The number of carboxylic acid groups (broad SMARTS) is 1. The number of hydrogen-bond donors (Lipinski definition) is 2. The molecule has 0 radical (unpaired) electrons. The minimum absolute atomic E-state index is 0. The molecule has 8 bridgehead atoms. The molecule has 3 aliphatic heterocycles. The van der Waals surface area contributed by atoms with Crippen LogP contribution in [0.1, 0.15) is 82.3 Å². The van der Waals surface area contributed by atoms with E-state index in [1.165, 1.54) is 0 Å². The predicted octanol–water partition coefficient (Wildman–Crippen LogP) is 3.35. The smallest absolute Gasteiger partial charge is 0.659 e. The van der Waals surface area contributed by atoms with Gasteiger partial charge in [0.2, 0.25) is 0 Å². The molecule has 3 aromatic rings. The van der Waals surface area contributed by atoms with E-state index in [1.807, 2.05) is 32.9 Å². The number of esters is 1. The summed E-state index contributed by atoms with van der Waals surface area (Å²) in [6, 6.07) is 0. The molecular weight excluding hydrogens is 600 g/mol. The first-order chi connectivity index (χ1) is 20.4. The fraction of sp³-hybridized carbons (Fsp3) is 0.294. The van der Waals surface area contributed by atoms with Gasteiger partial charge in [-0.3, -0.25) is 9.59 Å². The van der Waals surface area contributed by atoms with E-state index in [1.54, 1.807) is 31.2 Å². The zero-order valence-electron chi connectivity index (χ0n) is 25.0. The van der Waals surface area contributed by atoms with E-state index in [-0.39, 0.29) is 48.4 Å². The van der Waals surface area contributed by atoms with Gasteiger partial charge in [0, 0.05) is 19.3 Å². The standard InChI is InChI=1S/C34H32N4O5.Fe/c1-7-20-17(3)23-13-24-19(5)22(9-10-31(39)40)28(37-24)16-30-34(12-11-32(41)43-34)33(6,42)29(38-30)15-27-21(8-2)18(4)25(36-27)14-26(20)35-23;/h7-8,13-16,42H,1-2,9-12H2,3-6H3,(H,39,40);/q-4;+4/b23-13-,26-14-,29-15+,30-16-;/t33-,34+;/m0./s1. The van der Waals surface area contributed by atoms with Crippen molar-refractivity contribution in [1.82, 2.24) is 15.0 Å². The summed E-state index contributed by atoms with van der Waals surface area (Å²) in [4.78, 5) is 38.8. The summed E-state index contributed by atoms with van der Waals surface area (Å²) in [5, 5.41) is 27.8. The summed E-state index contributed by atoms with van der Waals surface area (Å²) in [6.07, 6.45) is 11.2. The number of aliphatic hydroxyl groups is 1. The van der Waals surface area contributed by atoms with Gasteiger partial charge in [0.25, 0.3) is 0 Å². The molecule has 0 amide bonds. The zero-order chi connectivity index (χ0) is 30.8. The number of ether oxygens (including phenoxy) is 1. The SMILES string of the molecule is C=Cc1c2[n-]c(c1C)/C=c1\[n-]/c(c(C)c1C=C)=C\c1[n-]c(c(CCC(=O)O)c1C)/C=C1\[N-]/C(=C/2)[C@](C)(O)[C@@]12CCC(=O)O2.[Fe+4]. The Balaban J connectivity index is 0.00000384. The number of fused-ring (bicyclic) bond motifs is 9. The minimum atomic E-state index is -1.68. The number of aromatic nitrogens is 3. The number of hydrogen-bond acceptors (Lipinski definition) is 4. The Morgan fingerprint density at radius 2 is 1.55 bits per heavy atom. The number of carbonyl (C=O) groups excluding carboxylic acids is 1. The van der Waals surface area contributed by atoms with E-state index in [2.05, 4.69) is 13.2 Å². The summed E-state index contributed by atoms with van der Waals surface area (Å²) in [5.74, 6) is -1.36. The second kappa shape index (κ2) is 11.0. The minimum Gasteiger partial charge on any atom is -0.659 e. The van der Waals surface area contributed by atoms with Crippen LogP contribution in [0.5, 0.6) is 0 Å². The molecule has 10 heteroatoms. The molecule has 0 unspecified atom stereocenters. The van der Waals surface area contributed by atoms with Gasteiger partial charge in [-0.25, -0.2) is 0 Å². The van der Waals surface area contributed by atoms with Crippen molar-refractivity contribution in [1.29, 1.82) is 0 Å². The van der Waals surface area contributed by atoms with Crippen LogP contribution in [0, 0.1) is 20.8 Å². The maximum atomic E-state index is 12.5. The largest absolute Gasteiger partial charge is 4.00 e. The number of aliphatic carboxylic acids is 1. The monoisotopic (exact) mass is 632 g/mol. The summed E-state index contributed by atoms with van der Waals surface area (Å²) in [5.41, 5.74) is 4.94. The van der Waals surface area contributed by atoms with Gasteiger partial charge >= 0.3 is 29.0 Å². The van der Waals surface area contributed by atoms with Crippen molar-refractivity contribution in [2.75, 3.05) is 0 Å². The van der Waals surface area contributed by atoms with Crippen molar-refractivity contribution in [3.63, 3.8) is 0 Å². The van der Waals surface area contributed by atoms with Crippen molar-refractivity contribution >= 4 is 48.4 Å². The fourth-order valence-electron chi connectivity index (χ4n) is 6.38. The zero-order valence-corrected chi connectivity index (χ0v) is 26.1. The van der Waals surface area contributed by atoms with Crippen LogP contribution in [-0.2, 0) is 37.8 Å². The van der Waals surface area contributed by atoms with Crippen LogP contribution in [0.2, 0.25) is 0 Å². The number of carboxylic acids is 1. The van der Waals surface area contributed by atoms with Crippen LogP contribution >= 0.6 is 0 Å². The molecule has 0 aliphatic carbocycles. The van der Waals surface area contributed by atoms with Gasteiger partial charge in [0.1, 0.15) is 11.2 Å². The normalized spacial score (nSPS) is 25.7. The average molecular weight is 632 g/mol. The Kier molecular flexibility index (Phi) is 7.82. The molecule has 2 fully saturated rings. The predicted molar refractivity (Wildman–Crippen MR) is 164 cm³/mol. The number of carbonyl (C=O) groups is 2. The second-order valence-corrected chi connectivity index (χ2v) is 11.5. The van der Waals surface area contributed by atoms with Gasteiger partial charge in [0.05, 0.1) is 0 Å². The molecule has 2 N–H and O–H groups in total. The maximum absolute atomic E-state index is 12.5. The number of rotatable bonds is 5. The van der Waals surface area contributed by atoms with Crippen LogP contribution in [0.25, 0.3) is 41.8 Å². The van der Waals surface area contributed by atoms with Crippen molar-refractivity contribution in [2.24, 2.45) is 0 Å². The van der Waals surface area contributed by atoms with E-state index >= 15 is 0 Å². The van der Waals surface area contributed by atoms with Gasteiger partial charge < -0.3 is 35.2 Å². The summed E-state index contributed by atoms with van der Waals surface area (Å²) >= 11 is 0. The molecule has 2 atom stereocenters. The Labute approximate surface area is 265 Å². The molecule has 0 saturated carbocycles. The molecule has 6 rings (SSSR count). The Morgan fingerprint density at radius 1 is 0.909 bits per heavy atom. The maximum Gasteiger partial charge on any atom is 4.00 e. The molecule has 6 heterocycles. The third kappa shape index (κ3) is 4.65. The van der Waals surface area contributed by atoms with Crippen LogP contribution in [0.3, 0.4) is 0 Å². The van der Waals surface area contributed by atoms with Crippen molar-refractivity contribution in [3.8, 4) is 0 Å². The van der Waals surface area contributed by atoms with Crippen molar-refractivity contribution in [3.05, 3.63) is 96.7 Å². The molecular formula is C34H32FeN4O5. The van der Waals surface area contributed by atoms with Gasteiger partial charge in [-0.15, -0.1) is 44.9 Å². The van der Waals surface area contributed by atoms with Gasteiger partial charge in [0.15, 0.2) is 0 Å². The Bertz CT molecular complexity index is 1930. The third-order valence-corrected chi connectivity index (χ3v) is 9.00. The van der Waals surface area contributed by atoms with Crippen LogP contribution in [0.4, 0.5) is 0 Å². The van der Waals surface area contributed by atoms with E-state index in [4.69, 9.17) is 25.0 Å². The number of nitrogens with zero attached hydrogens (tertiary/aromatic N) is 4. The Hall–Kier alpha value is -4.24. The summed E-state index contributed by atoms with van der Waals surface area (Å²) in [6.45, 7) is 15.4. The van der Waals surface area contributed by atoms with Crippen molar-refractivity contribution in [2.45, 2.75) is 64.6 Å². The van der Waals surface area contributed by atoms with Crippen LogP contribution in [-0.4, -0.2) is 33.4 Å². The first-order valence-corrected chi connectivity index (χ1v) is 14.2. The first-order valence-electron chi connectivity index (χ1n) is 14.2. The molecule has 9 nitrogen and oxygen atoms in total. The van der Waals surface area contributed by atoms with Gasteiger partial charge in [-0.05, 0) is 45.2 Å². The van der Waals surface area contributed by atoms with Crippen LogP contribution in [0.15, 0.2) is 24.6 Å². The second-order valence-electron chi connectivity index (χ2n) is 11.5. The summed E-state index contributed by atoms with van der Waals surface area (Å²) < 4.78 is 5.89. The Morgan fingerprint density at radius 3 is 2.18 bits per heavy atom. The van der Waals surface area contributed by atoms with E-state index < -0.39 is 23.1 Å². The molecule has 226 valence electrons. The third-order valence-electron chi connectivity index (χ3n) is 9.00. The van der Waals surface area contributed by atoms with E-state index in [0.29, 0.717) is 39.2 Å². The molecule has 3 aliphatic rings. The quantitative estimate of drug-likeness (QED) is 0.323. The molecule has 0 aromatic carbocycles. The van der Waals surface area contributed by atoms with E-state index in [0.717, 1.165) is 33.4 Å². The van der Waals surface area contributed by atoms with Gasteiger partial charge in [-0.2, -0.15) is 0 Å². The van der Waals surface area contributed by atoms with E-state index in [9.17, 15) is 19.8 Å². The fourth-order valence-corrected chi connectivity index (χ4v) is 6.38. The molecule has 1 spiro atoms. The van der Waals surface area contributed by atoms with Crippen molar-refractivity contribution < 1.29 is 41.6 Å². The van der Waals surface area contributed by atoms with Gasteiger partial charge in [-0.1, -0.05) is 71.9 Å². The first kappa shape index (κ1) is 31.2. The molecule has 3 aromatic heterocycles. The topological polar surface area (TPSA) is 140 Å². The van der Waals surface area contributed by atoms with Crippen LogP contribution < -0.4 is 25.7 Å².